The lowest BCUT2D eigenvalue weighted by Gasteiger charge is -2.40. The Labute approximate surface area is 227 Å². The third-order valence-electron chi connectivity index (χ3n) is 7.07. The molecule has 40 heavy (non-hydrogen) atoms. The van der Waals surface area contributed by atoms with Crippen molar-refractivity contribution in [3.63, 3.8) is 0 Å². The van der Waals surface area contributed by atoms with Gasteiger partial charge in [0.05, 0.1) is 37.9 Å². The highest BCUT2D eigenvalue weighted by Crippen LogP contribution is 2.30. The highest BCUT2D eigenvalue weighted by molar-refractivity contribution is 5.82. The molecule has 0 radical (unpaired) electrons. The average molecular weight is 563 g/mol. The molecule has 0 saturated carbocycles. The van der Waals surface area contributed by atoms with Crippen LogP contribution in [0, 0.1) is 0 Å². The van der Waals surface area contributed by atoms with E-state index in [1.165, 1.54) is 24.5 Å². The Morgan fingerprint density at radius 3 is 2.38 bits per heavy atom. The zero-order valence-corrected chi connectivity index (χ0v) is 21.3. The molecule has 5 rings (SSSR count). The van der Waals surface area contributed by atoms with Crippen LogP contribution in [-0.4, -0.2) is 106 Å². The number of aliphatic hydroxyl groups excluding tert-OH is 5. The van der Waals surface area contributed by atoms with E-state index >= 15 is 0 Å². The zero-order chi connectivity index (χ0) is 28.6. The summed E-state index contributed by atoms with van der Waals surface area (Å²) in [5, 5.41) is 61.0. The summed E-state index contributed by atoms with van der Waals surface area (Å²) in [4.78, 5) is 13.1. The van der Waals surface area contributed by atoms with E-state index in [2.05, 4.69) is 0 Å². The van der Waals surface area contributed by atoms with Crippen LogP contribution in [-0.2, 0) is 14.2 Å². The molecule has 0 aliphatic carbocycles. The Balaban J connectivity index is 1.29. The number of rotatable bonds is 8. The van der Waals surface area contributed by atoms with Crippen molar-refractivity contribution in [1.29, 1.82) is 0 Å². The van der Waals surface area contributed by atoms with Crippen molar-refractivity contribution in [2.45, 2.75) is 48.7 Å². The number of fused-ring (bicyclic) bond motifs is 1. The minimum atomic E-state index is -1.90. The summed E-state index contributed by atoms with van der Waals surface area (Å²) in [5.41, 5.74) is -0.976. The third-order valence-corrected chi connectivity index (χ3v) is 7.07. The molecule has 3 aromatic rings. The molecular weight excluding hydrogens is 532 g/mol. The lowest BCUT2D eigenvalue weighted by atomic mass is 9.99. The van der Waals surface area contributed by atoms with Crippen LogP contribution in [0.5, 0.6) is 11.5 Å². The second-order valence-electron chi connectivity index (χ2n) is 9.72. The number of aliphatic hydroxyl groups is 6. The average Bonchev–Trinajstić information content (AvgIpc) is 3.26. The number of hydrogen-bond acceptors (Lipinski definition) is 13. The topological polar surface area (TPSA) is 198 Å². The molecule has 0 spiro atoms. The molecule has 0 unspecified atom stereocenters. The standard InChI is InChI=1S/C27H30O13/c1-35-14-4-2-13(3-5-14)17-9-36-18-8-15(6-7-16(18)20(17)29)39-25-23(32)22(31)21(30)19(40-25)10-37-26-24(33)27(34,11-28)12-38-26/h2-9,19,21-26,28,30-34H,10-12H2,1H3/t19-,21-,22+,23-,24+,25+,26+,27-/m1/s1. The fourth-order valence-electron chi connectivity index (χ4n) is 4.56. The van der Waals surface area contributed by atoms with E-state index < -0.39 is 61.9 Å². The van der Waals surface area contributed by atoms with Gasteiger partial charge in [-0.2, -0.15) is 0 Å². The van der Waals surface area contributed by atoms with Gasteiger partial charge in [-0.1, -0.05) is 12.1 Å². The van der Waals surface area contributed by atoms with Crippen molar-refractivity contribution in [3.05, 3.63) is 59.0 Å². The normalized spacial score (nSPS) is 32.3. The molecule has 0 amide bonds. The first kappa shape index (κ1) is 28.4. The molecular formula is C27H30O13. The second-order valence-corrected chi connectivity index (χ2v) is 9.72. The highest BCUT2D eigenvalue weighted by Gasteiger charge is 2.50. The van der Waals surface area contributed by atoms with Gasteiger partial charge in [0.25, 0.3) is 0 Å². The van der Waals surface area contributed by atoms with E-state index in [1.54, 1.807) is 31.4 Å². The van der Waals surface area contributed by atoms with Crippen molar-refractivity contribution in [2.24, 2.45) is 0 Å². The summed E-state index contributed by atoms with van der Waals surface area (Å²) in [5.74, 6) is 0.787. The van der Waals surface area contributed by atoms with Crippen molar-refractivity contribution >= 4 is 11.0 Å². The maximum Gasteiger partial charge on any atom is 0.229 e. The fourth-order valence-corrected chi connectivity index (χ4v) is 4.56. The Morgan fingerprint density at radius 2 is 1.70 bits per heavy atom. The Morgan fingerprint density at radius 1 is 0.975 bits per heavy atom. The van der Waals surface area contributed by atoms with Gasteiger partial charge in [-0.05, 0) is 29.8 Å². The van der Waals surface area contributed by atoms with Crippen LogP contribution in [0.1, 0.15) is 0 Å². The van der Waals surface area contributed by atoms with Gasteiger partial charge < -0.3 is 58.7 Å². The summed E-state index contributed by atoms with van der Waals surface area (Å²) in [6, 6.07) is 11.3. The van der Waals surface area contributed by atoms with E-state index in [1.807, 2.05) is 0 Å². The van der Waals surface area contributed by atoms with Crippen LogP contribution in [0.4, 0.5) is 0 Å². The van der Waals surface area contributed by atoms with Crippen molar-refractivity contribution < 1.29 is 58.7 Å². The maximum atomic E-state index is 13.1. The number of ether oxygens (including phenoxy) is 5. The van der Waals surface area contributed by atoms with Gasteiger partial charge >= 0.3 is 0 Å². The van der Waals surface area contributed by atoms with Crippen LogP contribution < -0.4 is 14.9 Å². The third kappa shape index (κ3) is 5.31. The molecule has 2 fully saturated rings. The van der Waals surface area contributed by atoms with Crippen molar-refractivity contribution in [3.8, 4) is 22.6 Å². The van der Waals surface area contributed by atoms with Gasteiger partial charge in [-0.15, -0.1) is 0 Å². The lowest BCUT2D eigenvalue weighted by Crippen LogP contribution is -2.60. The number of methoxy groups -OCH3 is 1. The van der Waals surface area contributed by atoms with E-state index in [-0.39, 0.29) is 28.8 Å². The van der Waals surface area contributed by atoms with Gasteiger partial charge in [0.2, 0.25) is 6.29 Å². The van der Waals surface area contributed by atoms with Gasteiger partial charge in [-0.3, -0.25) is 4.79 Å². The Kier molecular flexibility index (Phi) is 8.10. The monoisotopic (exact) mass is 562 g/mol. The van der Waals surface area contributed by atoms with Gasteiger partial charge in [0.15, 0.2) is 11.7 Å². The highest BCUT2D eigenvalue weighted by atomic mass is 16.7. The van der Waals surface area contributed by atoms with Crippen LogP contribution in [0.15, 0.2) is 57.9 Å². The minimum absolute atomic E-state index is 0.141. The second kappa shape index (κ2) is 11.4. The van der Waals surface area contributed by atoms with Crippen LogP contribution in [0.25, 0.3) is 22.1 Å². The molecule has 3 heterocycles. The van der Waals surface area contributed by atoms with Crippen molar-refractivity contribution in [2.75, 3.05) is 26.9 Å². The summed E-state index contributed by atoms with van der Waals surface area (Å²) in [6.07, 6.45) is -9.18. The van der Waals surface area contributed by atoms with E-state index in [0.29, 0.717) is 16.9 Å². The predicted octanol–water partition coefficient (Wildman–Crippen LogP) is -0.888. The lowest BCUT2D eigenvalue weighted by molar-refractivity contribution is -0.289. The Bertz CT molecular complexity index is 1380. The summed E-state index contributed by atoms with van der Waals surface area (Å²) in [6.45, 7) is -1.56. The van der Waals surface area contributed by atoms with Crippen LogP contribution >= 0.6 is 0 Å². The SMILES string of the molecule is COc1ccc(-c2coc3cc(O[C@H]4O[C@H](CO[C@H]5OC[C@](O)(CO)[C@H]5O)[C@@H](O)[C@H](O)[C@H]4O)ccc3c2=O)cc1. The van der Waals surface area contributed by atoms with Gasteiger partial charge in [0, 0.05) is 6.07 Å². The fraction of sp³-hybridized carbons (Fsp3) is 0.444. The predicted molar refractivity (Wildman–Crippen MR) is 136 cm³/mol. The molecule has 216 valence electrons. The van der Waals surface area contributed by atoms with Crippen LogP contribution in [0.2, 0.25) is 0 Å². The molecule has 13 heteroatoms. The molecule has 2 aliphatic heterocycles. The van der Waals surface area contributed by atoms with Gasteiger partial charge in [0.1, 0.15) is 59.5 Å². The molecule has 2 aliphatic rings. The molecule has 8 atom stereocenters. The Hall–Kier alpha value is -3.11. The van der Waals surface area contributed by atoms with Crippen molar-refractivity contribution in [1.82, 2.24) is 0 Å². The largest absolute Gasteiger partial charge is 0.497 e. The maximum absolute atomic E-state index is 13.1. The number of hydrogen-bond donors (Lipinski definition) is 6. The first-order chi connectivity index (χ1) is 19.1. The summed E-state index contributed by atoms with van der Waals surface area (Å²) >= 11 is 0. The molecule has 2 aromatic carbocycles. The minimum Gasteiger partial charge on any atom is -0.497 e. The first-order valence-corrected chi connectivity index (χ1v) is 12.5. The van der Waals surface area contributed by atoms with Crippen LogP contribution in [0.3, 0.4) is 0 Å². The van der Waals surface area contributed by atoms with E-state index in [9.17, 15) is 35.4 Å². The molecule has 2 saturated heterocycles. The summed E-state index contributed by atoms with van der Waals surface area (Å²) < 4.78 is 32.7. The molecule has 1 aromatic heterocycles. The first-order valence-electron chi connectivity index (χ1n) is 12.5. The smallest absolute Gasteiger partial charge is 0.229 e. The van der Waals surface area contributed by atoms with E-state index in [4.69, 9.17) is 28.1 Å². The van der Waals surface area contributed by atoms with Gasteiger partial charge in [-0.25, -0.2) is 0 Å². The van der Waals surface area contributed by atoms with E-state index in [0.717, 1.165) is 0 Å². The summed E-state index contributed by atoms with van der Waals surface area (Å²) in [7, 11) is 1.55. The quantitative estimate of drug-likeness (QED) is 0.198. The molecule has 6 N–H and O–H groups in total. The zero-order valence-electron chi connectivity index (χ0n) is 21.3. The molecule has 0 bridgehead atoms. The molecule has 13 nitrogen and oxygen atoms in total. The number of benzene rings is 2.